The van der Waals surface area contributed by atoms with Gasteiger partial charge in [-0.1, -0.05) is 152 Å². The smallest absolute Gasteiger partial charge is 0.164 e. The summed E-state index contributed by atoms with van der Waals surface area (Å²) < 4.78 is 11.8. The molecule has 4 aromatic heterocycles. The molecule has 0 aliphatic rings. The van der Waals surface area contributed by atoms with E-state index in [0.29, 0.717) is 17.5 Å². The summed E-state index contributed by atoms with van der Waals surface area (Å²) in [5.41, 5.74) is 10.1. The summed E-state index contributed by atoms with van der Waals surface area (Å²) in [6.07, 6.45) is 0. The first-order chi connectivity index (χ1) is 30.2. The van der Waals surface area contributed by atoms with Crippen LogP contribution < -0.4 is 0 Å². The van der Waals surface area contributed by atoms with E-state index in [0.717, 1.165) is 71.7 Å². The number of aromatic nitrogens is 4. The van der Waals surface area contributed by atoms with Crippen molar-refractivity contribution in [2.45, 2.75) is 0 Å². The van der Waals surface area contributed by atoms with Crippen molar-refractivity contribution >= 4 is 86.0 Å². The average molecular weight is 797 g/mol. The molecule has 0 saturated carbocycles. The molecule has 6 heteroatoms. The maximum Gasteiger partial charge on any atom is 0.164 e. The van der Waals surface area contributed by atoms with Crippen LogP contribution in [0.15, 0.2) is 199 Å². The van der Waals surface area contributed by atoms with Crippen molar-refractivity contribution in [1.29, 1.82) is 0 Å². The molecule has 13 rings (SSSR count). The van der Waals surface area contributed by atoms with E-state index < -0.39 is 0 Å². The van der Waals surface area contributed by atoms with Crippen LogP contribution in [0.3, 0.4) is 0 Å². The van der Waals surface area contributed by atoms with Gasteiger partial charge in [0.05, 0.1) is 16.7 Å². The average Bonchev–Trinajstić information content (AvgIpc) is 4.00. The van der Waals surface area contributed by atoms with Gasteiger partial charge in [0.15, 0.2) is 17.5 Å². The second kappa shape index (κ2) is 13.3. The molecule has 0 radical (unpaired) electrons. The lowest BCUT2D eigenvalue weighted by molar-refractivity contribution is 0.672. The number of hydrogen-bond donors (Lipinski definition) is 0. The Balaban J connectivity index is 1.06. The Bertz CT molecular complexity index is 3870. The third-order valence-electron chi connectivity index (χ3n) is 12.0. The van der Waals surface area contributed by atoms with Crippen LogP contribution >= 0.6 is 11.3 Å². The number of rotatable bonds is 5. The zero-order chi connectivity index (χ0) is 40.0. The van der Waals surface area contributed by atoms with Gasteiger partial charge in [-0.2, -0.15) is 0 Å². The number of benzene rings is 9. The van der Waals surface area contributed by atoms with E-state index in [2.05, 4.69) is 156 Å². The molecule has 9 aromatic carbocycles. The van der Waals surface area contributed by atoms with Crippen LogP contribution in [0.25, 0.3) is 126 Å². The molecule has 0 N–H and O–H groups in total. The largest absolute Gasteiger partial charge is 0.455 e. The molecule has 0 fully saturated rings. The topological polar surface area (TPSA) is 56.7 Å². The summed E-state index contributed by atoms with van der Waals surface area (Å²) in [6, 6.07) is 68.5. The number of thiophene rings is 1. The van der Waals surface area contributed by atoms with Crippen molar-refractivity contribution in [2.24, 2.45) is 0 Å². The molecule has 13 aromatic rings. The van der Waals surface area contributed by atoms with Gasteiger partial charge in [-0.15, -0.1) is 11.3 Å². The minimum atomic E-state index is 0.594. The number of para-hydroxylation sites is 2. The second-order valence-corrected chi connectivity index (χ2v) is 16.6. The van der Waals surface area contributed by atoms with Crippen LogP contribution in [0.4, 0.5) is 0 Å². The van der Waals surface area contributed by atoms with Crippen molar-refractivity contribution < 1.29 is 4.42 Å². The highest BCUT2D eigenvalue weighted by atomic mass is 32.1. The maximum atomic E-state index is 6.77. The molecule has 5 nitrogen and oxygen atoms in total. The van der Waals surface area contributed by atoms with Crippen LogP contribution in [-0.4, -0.2) is 19.5 Å². The molecule has 0 amide bonds. The molecule has 284 valence electrons. The van der Waals surface area contributed by atoms with Gasteiger partial charge in [-0.3, -0.25) is 0 Å². The first kappa shape index (κ1) is 34.0. The van der Waals surface area contributed by atoms with Gasteiger partial charge in [-0.05, 0) is 53.6 Å². The monoisotopic (exact) mass is 796 g/mol. The van der Waals surface area contributed by atoms with Crippen LogP contribution in [0.5, 0.6) is 0 Å². The predicted octanol–water partition coefficient (Wildman–Crippen LogP) is 15.1. The van der Waals surface area contributed by atoms with Gasteiger partial charge in [0.25, 0.3) is 0 Å². The molecule has 0 bridgehead atoms. The second-order valence-electron chi connectivity index (χ2n) is 15.6. The van der Waals surface area contributed by atoms with Gasteiger partial charge in [0, 0.05) is 69.2 Å². The Kier molecular flexibility index (Phi) is 7.41. The van der Waals surface area contributed by atoms with E-state index in [1.165, 1.54) is 36.5 Å². The fourth-order valence-electron chi connectivity index (χ4n) is 9.14. The fraction of sp³-hybridized carbons (Fsp3) is 0. The minimum absolute atomic E-state index is 0.594. The van der Waals surface area contributed by atoms with E-state index in [1.807, 2.05) is 53.8 Å². The SMILES string of the molecule is c1ccc(-c2ccc(-c3nc(-c4ccccc4)nc(-c4ccc5c(-n6c7ccccc7c7cc8sc9ccccc9c8cc76)cc6c7ccccc7oc6c5c4)n3)cc2)cc1. The van der Waals surface area contributed by atoms with Crippen LogP contribution in [-0.2, 0) is 0 Å². The molecule has 0 atom stereocenters. The molecule has 0 spiro atoms. The summed E-state index contributed by atoms with van der Waals surface area (Å²) in [6.45, 7) is 0. The van der Waals surface area contributed by atoms with Gasteiger partial charge in [0.2, 0.25) is 0 Å². The zero-order valence-electron chi connectivity index (χ0n) is 32.6. The standard InChI is InChI=1S/C55H32N4OS/c1-3-13-33(14-4-1)34-23-25-36(26-24-34)54-56-53(35-15-5-2-6-16-35)57-55(58-54)37-27-28-39-44(29-37)52-45(40-18-8-11-21-49(40)60-52)31-47(39)59-46-20-10-7-17-38(46)42-32-51-43(30-48(42)59)41-19-9-12-22-50(41)61-51/h1-32H. The van der Waals surface area contributed by atoms with Gasteiger partial charge in [-0.25, -0.2) is 15.0 Å². The van der Waals surface area contributed by atoms with Crippen molar-refractivity contribution in [3.63, 3.8) is 0 Å². The molecule has 0 aliphatic heterocycles. The van der Waals surface area contributed by atoms with E-state index >= 15 is 0 Å². The summed E-state index contributed by atoms with van der Waals surface area (Å²) in [4.78, 5) is 15.4. The Labute approximate surface area is 353 Å². The van der Waals surface area contributed by atoms with Crippen LogP contribution in [0, 0.1) is 0 Å². The summed E-state index contributed by atoms with van der Waals surface area (Å²) in [7, 11) is 0. The molecule has 0 saturated heterocycles. The van der Waals surface area contributed by atoms with E-state index in [-0.39, 0.29) is 0 Å². The van der Waals surface area contributed by atoms with E-state index in [1.54, 1.807) is 0 Å². The highest BCUT2D eigenvalue weighted by Gasteiger charge is 2.22. The normalized spacial score (nSPS) is 11.9. The quantitative estimate of drug-likeness (QED) is 0.174. The van der Waals surface area contributed by atoms with Crippen molar-refractivity contribution in [3.8, 4) is 51.0 Å². The van der Waals surface area contributed by atoms with Gasteiger partial charge < -0.3 is 8.98 Å². The fourth-order valence-corrected chi connectivity index (χ4v) is 10.3. The lowest BCUT2D eigenvalue weighted by atomic mass is 10.0. The van der Waals surface area contributed by atoms with Gasteiger partial charge >= 0.3 is 0 Å². The maximum absolute atomic E-state index is 6.77. The van der Waals surface area contributed by atoms with Crippen LogP contribution in [0.1, 0.15) is 0 Å². The van der Waals surface area contributed by atoms with E-state index in [9.17, 15) is 0 Å². The number of nitrogens with zero attached hydrogens (tertiary/aromatic N) is 4. The summed E-state index contributed by atoms with van der Waals surface area (Å²) in [5.74, 6) is 1.83. The van der Waals surface area contributed by atoms with Crippen LogP contribution in [0.2, 0.25) is 0 Å². The lowest BCUT2D eigenvalue weighted by Gasteiger charge is -2.14. The minimum Gasteiger partial charge on any atom is -0.455 e. The van der Waals surface area contributed by atoms with Crippen molar-refractivity contribution in [2.75, 3.05) is 0 Å². The number of furan rings is 1. The Hall–Kier alpha value is -7.93. The molecular weight excluding hydrogens is 765 g/mol. The predicted molar refractivity (Wildman–Crippen MR) is 254 cm³/mol. The molecule has 0 unspecified atom stereocenters. The highest BCUT2D eigenvalue weighted by molar-refractivity contribution is 7.25. The first-order valence-electron chi connectivity index (χ1n) is 20.4. The van der Waals surface area contributed by atoms with E-state index in [4.69, 9.17) is 19.4 Å². The molecular formula is C55H32N4OS. The highest BCUT2D eigenvalue weighted by Crippen LogP contribution is 2.44. The molecule has 4 heterocycles. The molecule has 61 heavy (non-hydrogen) atoms. The van der Waals surface area contributed by atoms with Gasteiger partial charge in [0.1, 0.15) is 11.2 Å². The lowest BCUT2D eigenvalue weighted by Crippen LogP contribution is -2.00. The Morgan fingerprint density at radius 1 is 0.344 bits per heavy atom. The van der Waals surface area contributed by atoms with Crippen molar-refractivity contribution in [3.05, 3.63) is 194 Å². The number of fused-ring (bicyclic) bond motifs is 11. The third-order valence-corrected chi connectivity index (χ3v) is 13.2. The third kappa shape index (κ3) is 5.36. The Morgan fingerprint density at radius 3 is 1.70 bits per heavy atom. The summed E-state index contributed by atoms with van der Waals surface area (Å²) >= 11 is 1.86. The Morgan fingerprint density at radius 2 is 0.918 bits per heavy atom. The summed E-state index contributed by atoms with van der Waals surface area (Å²) in [5, 5.41) is 9.21. The molecule has 0 aliphatic carbocycles. The first-order valence-corrected chi connectivity index (χ1v) is 21.2. The zero-order valence-corrected chi connectivity index (χ0v) is 33.4. The number of hydrogen-bond acceptors (Lipinski definition) is 5. The van der Waals surface area contributed by atoms with Crippen molar-refractivity contribution in [1.82, 2.24) is 19.5 Å².